The van der Waals surface area contributed by atoms with Crippen molar-refractivity contribution in [3.63, 3.8) is 0 Å². The van der Waals surface area contributed by atoms with Gasteiger partial charge in [-0.25, -0.2) is 4.79 Å². The highest BCUT2D eigenvalue weighted by molar-refractivity contribution is 5.96. The second-order valence-corrected chi connectivity index (χ2v) is 4.18. The SMILES string of the molecule is CCOc1cccc(-c2ccc(OC)cc2C(=O)O)c1. The van der Waals surface area contributed by atoms with Crippen molar-refractivity contribution in [2.45, 2.75) is 6.92 Å². The third kappa shape index (κ3) is 2.91. The van der Waals surface area contributed by atoms with E-state index in [9.17, 15) is 9.90 Å². The van der Waals surface area contributed by atoms with Gasteiger partial charge in [0.25, 0.3) is 0 Å². The zero-order valence-electron chi connectivity index (χ0n) is 11.4. The third-order valence-electron chi connectivity index (χ3n) is 2.91. The van der Waals surface area contributed by atoms with Gasteiger partial charge in [-0.3, -0.25) is 0 Å². The van der Waals surface area contributed by atoms with Gasteiger partial charge in [0.2, 0.25) is 0 Å². The number of carbonyl (C=O) groups is 1. The molecule has 0 saturated heterocycles. The van der Waals surface area contributed by atoms with Gasteiger partial charge in [-0.15, -0.1) is 0 Å². The van der Waals surface area contributed by atoms with E-state index in [1.54, 1.807) is 12.1 Å². The summed E-state index contributed by atoms with van der Waals surface area (Å²) < 4.78 is 10.5. The first-order valence-corrected chi connectivity index (χ1v) is 6.30. The van der Waals surface area contributed by atoms with E-state index in [1.807, 2.05) is 31.2 Å². The number of carboxylic acid groups (broad SMARTS) is 1. The molecule has 4 heteroatoms. The fourth-order valence-electron chi connectivity index (χ4n) is 2.00. The van der Waals surface area contributed by atoms with E-state index >= 15 is 0 Å². The lowest BCUT2D eigenvalue weighted by molar-refractivity contribution is 0.0697. The smallest absolute Gasteiger partial charge is 0.336 e. The van der Waals surface area contributed by atoms with Crippen molar-refractivity contribution in [1.29, 1.82) is 0 Å². The number of rotatable bonds is 5. The van der Waals surface area contributed by atoms with E-state index in [1.165, 1.54) is 13.2 Å². The topological polar surface area (TPSA) is 55.8 Å². The van der Waals surface area contributed by atoms with E-state index in [-0.39, 0.29) is 5.56 Å². The van der Waals surface area contributed by atoms with Crippen LogP contribution in [0.15, 0.2) is 42.5 Å². The fraction of sp³-hybridized carbons (Fsp3) is 0.188. The minimum absolute atomic E-state index is 0.206. The monoisotopic (exact) mass is 272 g/mol. The second-order valence-electron chi connectivity index (χ2n) is 4.18. The summed E-state index contributed by atoms with van der Waals surface area (Å²) in [6.45, 7) is 2.47. The molecule has 0 amide bonds. The Morgan fingerprint density at radius 3 is 2.60 bits per heavy atom. The van der Waals surface area contributed by atoms with Crippen molar-refractivity contribution < 1.29 is 19.4 Å². The molecule has 4 nitrogen and oxygen atoms in total. The molecule has 0 atom stereocenters. The average Bonchev–Trinajstić information content (AvgIpc) is 2.47. The predicted octanol–water partition coefficient (Wildman–Crippen LogP) is 3.46. The van der Waals surface area contributed by atoms with Crippen LogP contribution in [-0.4, -0.2) is 24.8 Å². The van der Waals surface area contributed by atoms with Crippen LogP contribution >= 0.6 is 0 Å². The van der Waals surface area contributed by atoms with Crippen LogP contribution in [-0.2, 0) is 0 Å². The molecule has 0 aliphatic carbocycles. The van der Waals surface area contributed by atoms with Crippen LogP contribution < -0.4 is 9.47 Å². The lowest BCUT2D eigenvalue weighted by atomic mass is 9.99. The first-order valence-electron chi connectivity index (χ1n) is 6.30. The van der Waals surface area contributed by atoms with Crippen molar-refractivity contribution in [3.8, 4) is 22.6 Å². The molecular weight excluding hydrogens is 256 g/mol. The Labute approximate surface area is 117 Å². The number of hydrogen-bond donors (Lipinski definition) is 1. The quantitative estimate of drug-likeness (QED) is 0.905. The summed E-state index contributed by atoms with van der Waals surface area (Å²) in [4.78, 5) is 11.4. The minimum atomic E-state index is -0.985. The summed E-state index contributed by atoms with van der Waals surface area (Å²) >= 11 is 0. The standard InChI is InChI=1S/C16H16O4/c1-3-20-13-6-4-5-11(9-13)14-8-7-12(19-2)10-15(14)16(17)18/h4-10H,3H2,1-2H3,(H,17,18). The Morgan fingerprint density at radius 2 is 1.95 bits per heavy atom. The molecule has 0 radical (unpaired) electrons. The van der Waals surface area contributed by atoms with Gasteiger partial charge in [0.15, 0.2) is 0 Å². The number of carboxylic acids is 1. The first-order chi connectivity index (χ1) is 9.65. The lowest BCUT2D eigenvalue weighted by Gasteiger charge is -2.10. The second kappa shape index (κ2) is 6.10. The molecule has 0 aliphatic rings. The zero-order valence-corrected chi connectivity index (χ0v) is 11.4. The number of aromatic carboxylic acids is 1. The highest BCUT2D eigenvalue weighted by Crippen LogP contribution is 2.29. The van der Waals surface area contributed by atoms with Crippen LogP contribution in [0.1, 0.15) is 17.3 Å². The molecule has 0 unspecified atom stereocenters. The van der Waals surface area contributed by atoms with Crippen LogP contribution in [0.3, 0.4) is 0 Å². The number of benzene rings is 2. The largest absolute Gasteiger partial charge is 0.497 e. The molecular formula is C16H16O4. The molecule has 0 aliphatic heterocycles. The first kappa shape index (κ1) is 13.9. The molecule has 104 valence electrons. The van der Waals surface area contributed by atoms with Gasteiger partial charge in [-0.1, -0.05) is 12.1 Å². The van der Waals surface area contributed by atoms with Gasteiger partial charge in [-0.2, -0.15) is 0 Å². The van der Waals surface area contributed by atoms with Crippen LogP contribution in [0.25, 0.3) is 11.1 Å². The van der Waals surface area contributed by atoms with Crippen molar-refractivity contribution in [3.05, 3.63) is 48.0 Å². The molecule has 0 spiro atoms. The Balaban J connectivity index is 2.51. The summed E-state index contributed by atoms with van der Waals surface area (Å²) in [6.07, 6.45) is 0. The highest BCUT2D eigenvalue weighted by Gasteiger charge is 2.13. The number of ether oxygens (including phenoxy) is 2. The number of hydrogen-bond acceptors (Lipinski definition) is 3. The van der Waals surface area contributed by atoms with Crippen LogP contribution in [0.4, 0.5) is 0 Å². The third-order valence-corrected chi connectivity index (χ3v) is 2.91. The summed E-state index contributed by atoms with van der Waals surface area (Å²) in [6, 6.07) is 12.4. The van der Waals surface area contributed by atoms with Crippen molar-refractivity contribution in [2.24, 2.45) is 0 Å². The Bertz CT molecular complexity index is 620. The molecule has 0 saturated carbocycles. The molecule has 2 aromatic rings. The predicted molar refractivity (Wildman–Crippen MR) is 76.6 cm³/mol. The summed E-state index contributed by atoms with van der Waals surface area (Å²) in [5.41, 5.74) is 1.65. The maximum atomic E-state index is 11.4. The molecule has 0 aromatic heterocycles. The van der Waals surface area contributed by atoms with Crippen LogP contribution in [0.2, 0.25) is 0 Å². The van der Waals surface area contributed by atoms with Gasteiger partial charge >= 0.3 is 5.97 Å². The fourth-order valence-corrected chi connectivity index (χ4v) is 2.00. The van der Waals surface area contributed by atoms with Gasteiger partial charge < -0.3 is 14.6 Å². The Kier molecular flexibility index (Phi) is 4.25. The lowest BCUT2D eigenvalue weighted by Crippen LogP contribution is -2.00. The average molecular weight is 272 g/mol. The normalized spacial score (nSPS) is 10.1. The molecule has 1 N–H and O–H groups in total. The van der Waals surface area contributed by atoms with Crippen LogP contribution in [0, 0.1) is 0 Å². The molecule has 2 aromatic carbocycles. The summed E-state index contributed by atoms with van der Waals surface area (Å²) in [5.74, 6) is 0.255. The summed E-state index contributed by atoms with van der Waals surface area (Å²) in [7, 11) is 1.51. The summed E-state index contributed by atoms with van der Waals surface area (Å²) in [5, 5.41) is 9.33. The minimum Gasteiger partial charge on any atom is -0.497 e. The van der Waals surface area contributed by atoms with E-state index < -0.39 is 5.97 Å². The van der Waals surface area contributed by atoms with E-state index in [0.717, 1.165) is 11.3 Å². The van der Waals surface area contributed by atoms with E-state index in [0.29, 0.717) is 17.9 Å². The molecule has 2 rings (SSSR count). The Morgan fingerprint density at radius 1 is 1.15 bits per heavy atom. The highest BCUT2D eigenvalue weighted by atomic mass is 16.5. The van der Waals surface area contributed by atoms with Crippen molar-refractivity contribution in [1.82, 2.24) is 0 Å². The van der Waals surface area contributed by atoms with E-state index in [2.05, 4.69) is 0 Å². The van der Waals surface area contributed by atoms with Crippen molar-refractivity contribution in [2.75, 3.05) is 13.7 Å². The van der Waals surface area contributed by atoms with Gasteiger partial charge in [0.1, 0.15) is 11.5 Å². The zero-order chi connectivity index (χ0) is 14.5. The van der Waals surface area contributed by atoms with Gasteiger partial charge in [0.05, 0.1) is 19.3 Å². The maximum Gasteiger partial charge on any atom is 0.336 e. The number of methoxy groups -OCH3 is 1. The molecule has 20 heavy (non-hydrogen) atoms. The molecule has 0 fully saturated rings. The van der Waals surface area contributed by atoms with Gasteiger partial charge in [-0.05, 0) is 48.4 Å². The molecule has 0 bridgehead atoms. The van der Waals surface area contributed by atoms with Crippen LogP contribution in [0.5, 0.6) is 11.5 Å². The maximum absolute atomic E-state index is 11.4. The van der Waals surface area contributed by atoms with E-state index in [4.69, 9.17) is 9.47 Å². The Hall–Kier alpha value is -2.49. The van der Waals surface area contributed by atoms with Gasteiger partial charge in [0, 0.05) is 0 Å². The molecule has 0 heterocycles. The van der Waals surface area contributed by atoms with Crippen molar-refractivity contribution >= 4 is 5.97 Å².